The maximum Gasteiger partial charge on any atom is 0.409 e. The summed E-state index contributed by atoms with van der Waals surface area (Å²) in [4.78, 5) is 38.2. The zero-order valence-corrected chi connectivity index (χ0v) is 17.5. The minimum atomic E-state index is -1.14. The van der Waals surface area contributed by atoms with Crippen molar-refractivity contribution in [2.24, 2.45) is 0 Å². The van der Waals surface area contributed by atoms with Crippen molar-refractivity contribution in [3.8, 4) is 5.75 Å². The highest BCUT2D eigenvalue weighted by Crippen LogP contribution is 2.41. The first kappa shape index (κ1) is 22.1. The number of ether oxygens (including phenoxy) is 2. The van der Waals surface area contributed by atoms with Gasteiger partial charge in [-0.3, -0.25) is 10.1 Å². The average Bonchev–Trinajstić information content (AvgIpc) is 3.52. The van der Waals surface area contributed by atoms with Gasteiger partial charge in [0.1, 0.15) is 24.1 Å². The molecule has 2 aromatic rings. The van der Waals surface area contributed by atoms with Crippen LogP contribution in [0.4, 0.5) is 4.79 Å². The molecule has 1 atom stereocenters. The fourth-order valence-electron chi connectivity index (χ4n) is 3.59. The molecule has 0 saturated heterocycles. The molecule has 2 aromatic carbocycles. The van der Waals surface area contributed by atoms with Crippen molar-refractivity contribution < 1.29 is 29.0 Å². The molecule has 8 heteroatoms. The van der Waals surface area contributed by atoms with Gasteiger partial charge in [-0.15, -0.1) is 0 Å². The molecule has 0 bridgehead atoms. The van der Waals surface area contributed by atoms with Gasteiger partial charge in [0, 0.05) is 13.3 Å². The number of alkyl carbamates (subject to hydrolysis) is 1. The molecule has 1 saturated carbocycles. The fourth-order valence-corrected chi connectivity index (χ4v) is 3.59. The standard InChI is InChI=1S/C23H26N2O6/c1-16(26)25(20(21(27)28)14-17-8-10-19(30-2)11-9-17)23(12-13-23)24-22(29)31-15-18-6-4-3-5-7-18/h3-11,20H,12-15H2,1-2H3,(H,24,29)(H,27,28)/t20-/m0/s1. The molecule has 8 nitrogen and oxygen atoms in total. The van der Waals surface area contributed by atoms with E-state index in [2.05, 4.69) is 5.32 Å². The second-order valence-corrected chi connectivity index (χ2v) is 7.51. The molecule has 0 unspecified atom stereocenters. The summed E-state index contributed by atoms with van der Waals surface area (Å²) in [6.07, 6.45) is 0.321. The number of rotatable bonds is 9. The van der Waals surface area contributed by atoms with E-state index < -0.39 is 29.7 Å². The van der Waals surface area contributed by atoms with Crippen LogP contribution in [0.15, 0.2) is 54.6 Å². The molecule has 164 valence electrons. The van der Waals surface area contributed by atoms with Crippen LogP contribution in [0, 0.1) is 0 Å². The van der Waals surface area contributed by atoms with Gasteiger partial charge in [0.05, 0.1) is 7.11 Å². The highest BCUT2D eigenvalue weighted by atomic mass is 16.5. The summed E-state index contributed by atoms with van der Waals surface area (Å²) >= 11 is 0. The van der Waals surface area contributed by atoms with Gasteiger partial charge in [-0.05, 0) is 36.1 Å². The van der Waals surface area contributed by atoms with Gasteiger partial charge in [-0.2, -0.15) is 0 Å². The van der Waals surface area contributed by atoms with Crippen molar-refractivity contribution in [3.05, 3.63) is 65.7 Å². The van der Waals surface area contributed by atoms with E-state index >= 15 is 0 Å². The molecule has 0 radical (unpaired) electrons. The first-order valence-corrected chi connectivity index (χ1v) is 9.99. The lowest BCUT2D eigenvalue weighted by molar-refractivity contribution is -0.153. The molecule has 31 heavy (non-hydrogen) atoms. The highest BCUT2D eigenvalue weighted by molar-refractivity contribution is 5.84. The quantitative estimate of drug-likeness (QED) is 0.598. The van der Waals surface area contributed by atoms with Crippen molar-refractivity contribution in [2.45, 2.75) is 44.5 Å². The van der Waals surface area contributed by atoms with E-state index in [0.717, 1.165) is 11.1 Å². The molecule has 3 rings (SSSR count). The lowest BCUT2D eigenvalue weighted by Crippen LogP contribution is -2.59. The number of methoxy groups -OCH3 is 1. The van der Waals surface area contributed by atoms with E-state index in [1.165, 1.54) is 11.8 Å². The number of aliphatic carboxylic acids is 1. The molecule has 2 N–H and O–H groups in total. The van der Waals surface area contributed by atoms with Gasteiger partial charge in [-0.1, -0.05) is 42.5 Å². The molecule has 0 spiro atoms. The molecule has 1 aliphatic rings. The molecule has 0 aromatic heterocycles. The third kappa shape index (κ3) is 5.53. The van der Waals surface area contributed by atoms with Gasteiger partial charge in [0.25, 0.3) is 0 Å². The van der Waals surface area contributed by atoms with Crippen LogP contribution in [0.1, 0.15) is 30.9 Å². The predicted octanol–water partition coefficient (Wildman–Crippen LogP) is 2.96. The third-order valence-electron chi connectivity index (χ3n) is 5.26. The van der Waals surface area contributed by atoms with Crippen molar-refractivity contribution in [1.29, 1.82) is 0 Å². The second kappa shape index (κ2) is 9.51. The van der Waals surface area contributed by atoms with Crippen molar-refractivity contribution in [3.63, 3.8) is 0 Å². The van der Waals surface area contributed by atoms with E-state index in [0.29, 0.717) is 18.6 Å². The van der Waals surface area contributed by atoms with E-state index in [4.69, 9.17) is 9.47 Å². The van der Waals surface area contributed by atoms with Crippen LogP contribution in [0.2, 0.25) is 0 Å². The number of nitrogens with one attached hydrogen (secondary N) is 1. The summed E-state index contributed by atoms with van der Waals surface area (Å²) < 4.78 is 10.4. The van der Waals surface area contributed by atoms with E-state index in [1.54, 1.807) is 31.4 Å². The number of carboxylic acid groups (broad SMARTS) is 1. The smallest absolute Gasteiger partial charge is 0.409 e. The third-order valence-corrected chi connectivity index (χ3v) is 5.26. The van der Waals surface area contributed by atoms with Crippen molar-refractivity contribution >= 4 is 18.0 Å². The Hall–Kier alpha value is -3.55. The zero-order chi connectivity index (χ0) is 22.4. The van der Waals surface area contributed by atoms with Crippen LogP contribution in [-0.2, 0) is 27.4 Å². The largest absolute Gasteiger partial charge is 0.497 e. The molecule has 2 amide bonds. The monoisotopic (exact) mass is 426 g/mol. The molecule has 1 aliphatic carbocycles. The number of carbonyl (C=O) groups is 3. The zero-order valence-electron chi connectivity index (χ0n) is 17.5. The summed E-state index contributed by atoms with van der Waals surface area (Å²) in [6, 6.07) is 15.1. The van der Waals surface area contributed by atoms with E-state index in [1.807, 2.05) is 30.3 Å². The Balaban J connectivity index is 1.72. The Morgan fingerprint density at radius 2 is 1.71 bits per heavy atom. The Morgan fingerprint density at radius 1 is 1.06 bits per heavy atom. The highest BCUT2D eigenvalue weighted by Gasteiger charge is 2.54. The van der Waals surface area contributed by atoms with Crippen LogP contribution in [0.3, 0.4) is 0 Å². The number of carbonyl (C=O) groups excluding carboxylic acids is 2. The number of nitrogens with zero attached hydrogens (tertiary/aromatic N) is 1. The number of amides is 2. The fraction of sp³-hybridized carbons (Fsp3) is 0.348. The number of benzene rings is 2. The van der Waals surface area contributed by atoms with Crippen LogP contribution >= 0.6 is 0 Å². The van der Waals surface area contributed by atoms with E-state index in [-0.39, 0.29) is 13.0 Å². The summed E-state index contributed by atoms with van der Waals surface area (Å²) in [7, 11) is 1.55. The lowest BCUT2D eigenvalue weighted by Gasteiger charge is -2.36. The summed E-state index contributed by atoms with van der Waals surface area (Å²) in [6.45, 7) is 1.39. The molecule has 1 fully saturated rings. The van der Waals surface area contributed by atoms with Gasteiger partial charge < -0.3 is 19.5 Å². The summed E-state index contributed by atoms with van der Waals surface area (Å²) in [5.41, 5.74) is 0.505. The van der Waals surface area contributed by atoms with Gasteiger partial charge in [0.15, 0.2) is 0 Å². The Labute approximate surface area is 180 Å². The minimum Gasteiger partial charge on any atom is -0.497 e. The van der Waals surface area contributed by atoms with Crippen LogP contribution < -0.4 is 10.1 Å². The van der Waals surface area contributed by atoms with Gasteiger partial charge >= 0.3 is 12.1 Å². The molecule has 0 aliphatic heterocycles. The lowest BCUT2D eigenvalue weighted by atomic mass is 10.0. The minimum absolute atomic E-state index is 0.0804. The molecular formula is C23H26N2O6. The Bertz CT molecular complexity index is 925. The second-order valence-electron chi connectivity index (χ2n) is 7.51. The molecular weight excluding hydrogens is 400 g/mol. The van der Waals surface area contributed by atoms with Gasteiger partial charge in [-0.25, -0.2) is 9.59 Å². The first-order chi connectivity index (χ1) is 14.8. The van der Waals surface area contributed by atoms with Crippen LogP contribution in [-0.4, -0.2) is 46.8 Å². The first-order valence-electron chi connectivity index (χ1n) is 9.99. The Kier molecular flexibility index (Phi) is 6.79. The van der Waals surface area contributed by atoms with Crippen LogP contribution in [0.5, 0.6) is 5.75 Å². The SMILES string of the molecule is COc1ccc(C[C@@H](C(=O)O)N(C(C)=O)C2(NC(=O)OCc3ccccc3)CC2)cc1. The average molecular weight is 426 g/mol. The number of hydrogen-bond donors (Lipinski definition) is 2. The number of hydrogen-bond acceptors (Lipinski definition) is 5. The normalized spacial score (nSPS) is 14.8. The van der Waals surface area contributed by atoms with Crippen molar-refractivity contribution in [1.82, 2.24) is 10.2 Å². The number of carboxylic acids is 1. The van der Waals surface area contributed by atoms with Crippen LogP contribution in [0.25, 0.3) is 0 Å². The summed E-state index contributed by atoms with van der Waals surface area (Å²) in [5, 5.41) is 12.6. The molecule has 0 heterocycles. The van der Waals surface area contributed by atoms with Gasteiger partial charge in [0.2, 0.25) is 5.91 Å². The Morgan fingerprint density at radius 3 is 2.23 bits per heavy atom. The van der Waals surface area contributed by atoms with Crippen molar-refractivity contribution in [2.75, 3.05) is 7.11 Å². The topological polar surface area (TPSA) is 105 Å². The predicted molar refractivity (Wildman–Crippen MR) is 112 cm³/mol. The summed E-state index contributed by atoms with van der Waals surface area (Å²) in [5.74, 6) is -0.918. The van der Waals surface area contributed by atoms with E-state index in [9.17, 15) is 19.5 Å². The maximum atomic E-state index is 12.5. The maximum absolute atomic E-state index is 12.5.